The number of hydrogen-bond donors (Lipinski definition) is 2. The molecule has 1 amide bonds. The second kappa shape index (κ2) is 6.72. The van der Waals surface area contributed by atoms with Gasteiger partial charge in [-0.05, 0) is 35.0 Å². The van der Waals surface area contributed by atoms with Crippen LogP contribution >= 0.6 is 31.9 Å². The third-order valence-corrected chi connectivity index (χ3v) is 3.98. The maximum atomic E-state index is 11.2. The fourth-order valence-electron chi connectivity index (χ4n) is 2.05. The largest absolute Gasteiger partial charge is 0.492 e. The summed E-state index contributed by atoms with van der Waals surface area (Å²) in [4.78, 5) is 11.2. The van der Waals surface area contributed by atoms with Crippen LogP contribution in [0, 0.1) is 0 Å². The Kier molecular flexibility index (Phi) is 5.24. The average Bonchev–Trinajstić information content (AvgIpc) is 2.76. The van der Waals surface area contributed by atoms with E-state index < -0.39 is 0 Å². The number of carbonyl (C=O) groups excluding carboxylic acids is 1. The van der Waals surface area contributed by atoms with Crippen LogP contribution in [0.3, 0.4) is 0 Å². The molecule has 1 aromatic carbocycles. The molecule has 1 aliphatic heterocycles. The molecular formula is C13H16Br2N2O2. The Hall–Kier alpha value is -0.590. The van der Waals surface area contributed by atoms with Gasteiger partial charge in [0.1, 0.15) is 5.75 Å². The van der Waals surface area contributed by atoms with E-state index in [1.807, 2.05) is 19.1 Å². The van der Waals surface area contributed by atoms with Gasteiger partial charge in [0.15, 0.2) is 0 Å². The van der Waals surface area contributed by atoms with Crippen molar-refractivity contribution >= 4 is 37.8 Å². The van der Waals surface area contributed by atoms with E-state index in [9.17, 15) is 4.79 Å². The molecule has 0 bridgehead atoms. The molecule has 2 rings (SSSR count). The van der Waals surface area contributed by atoms with Crippen LogP contribution in [0.4, 0.5) is 0 Å². The van der Waals surface area contributed by atoms with E-state index in [2.05, 4.69) is 42.5 Å². The third kappa shape index (κ3) is 3.94. The lowest BCUT2D eigenvalue weighted by Crippen LogP contribution is -2.30. The molecule has 0 spiro atoms. The van der Waals surface area contributed by atoms with Crippen molar-refractivity contribution in [2.45, 2.75) is 25.9 Å². The van der Waals surface area contributed by atoms with Gasteiger partial charge in [-0.2, -0.15) is 0 Å². The predicted molar refractivity (Wildman–Crippen MR) is 81.3 cm³/mol. The zero-order valence-corrected chi connectivity index (χ0v) is 13.8. The predicted octanol–water partition coefficient (Wildman–Crippen LogP) is 2.59. The van der Waals surface area contributed by atoms with Crippen molar-refractivity contribution in [3.8, 4) is 5.75 Å². The number of hydrogen-bond acceptors (Lipinski definition) is 3. The summed E-state index contributed by atoms with van der Waals surface area (Å²) in [5.41, 5.74) is 1.07. The topological polar surface area (TPSA) is 50.4 Å². The molecule has 1 heterocycles. The van der Waals surface area contributed by atoms with Gasteiger partial charge in [0.25, 0.3) is 0 Å². The van der Waals surface area contributed by atoms with Crippen molar-refractivity contribution in [1.82, 2.24) is 10.6 Å². The Morgan fingerprint density at radius 1 is 1.47 bits per heavy atom. The standard InChI is InChI=1S/C13H16Br2N2O2/c1-2-19-13-8(3-9(14)4-11(13)15)6-16-10-5-12(18)17-7-10/h3-4,10,16H,2,5-7H2,1H3,(H,17,18). The van der Waals surface area contributed by atoms with Crippen LogP contribution in [0.25, 0.3) is 0 Å². The quantitative estimate of drug-likeness (QED) is 0.810. The molecule has 6 heteroatoms. The second-order valence-electron chi connectivity index (χ2n) is 4.39. The van der Waals surface area contributed by atoms with Gasteiger partial charge >= 0.3 is 0 Å². The van der Waals surface area contributed by atoms with Crippen molar-refractivity contribution in [2.75, 3.05) is 13.2 Å². The van der Waals surface area contributed by atoms with Crippen molar-refractivity contribution < 1.29 is 9.53 Å². The van der Waals surface area contributed by atoms with Crippen LogP contribution < -0.4 is 15.4 Å². The first-order chi connectivity index (χ1) is 9.10. The highest BCUT2D eigenvalue weighted by Gasteiger charge is 2.21. The third-order valence-electron chi connectivity index (χ3n) is 2.93. The van der Waals surface area contributed by atoms with Crippen molar-refractivity contribution in [1.29, 1.82) is 0 Å². The molecule has 0 saturated carbocycles. The van der Waals surface area contributed by atoms with Crippen LogP contribution in [0.15, 0.2) is 21.1 Å². The van der Waals surface area contributed by atoms with E-state index in [-0.39, 0.29) is 11.9 Å². The summed E-state index contributed by atoms with van der Waals surface area (Å²) in [6.07, 6.45) is 0.541. The number of benzene rings is 1. The van der Waals surface area contributed by atoms with Gasteiger partial charge in [0.2, 0.25) is 5.91 Å². The first-order valence-corrected chi connectivity index (χ1v) is 7.79. The number of amides is 1. The molecule has 1 atom stereocenters. The van der Waals surface area contributed by atoms with Crippen molar-refractivity contribution in [3.05, 3.63) is 26.6 Å². The molecular weight excluding hydrogens is 376 g/mol. The molecule has 2 N–H and O–H groups in total. The van der Waals surface area contributed by atoms with Gasteiger partial charge in [0, 0.05) is 35.6 Å². The van der Waals surface area contributed by atoms with Crippen LogP contribution in [-0.2, 0) is 11.3 Å². The van der Waals surface area contributed by atoms with Gasteiger partial charge in [0.05, 0.1) is 11.1 Å². The minimum atomic E-state index is 0.109. The summed E-state index contributed by atoms with van der Waals surface area (Å²) in [5, 5.41) is 6.19. The molecule has 0 radical (unpaired) electrons. The maximum absolute atomic E-state index is 11.2. The van der Waals surface area contributed by atoms with E-state index in [0.29, 0.717) is 26.1 Å². The fraction of sp³-hybridized carbons (Fsp3) is 0.462. The molecule has 1 aromatic rings. The lowest BCUT2D eigenvalue weighted by Gasteiger charge is -2.15. The Morgan fingerprint density at radius 2 is 2.26 bits per heavy atom. The fourth-order valence-corrected chi connectivity index (χ4v) is 3.48. The number of ether oxygens (including phenoxy) is 1. The highest BCUT2D eigenvalue weighted by molar-refractivity contribution is 9.11. The first kappa shape index (κ1) is 14.8. The monoisotopic (exact) mass is 390 g/mol. The summed E-state index contributed by atoms with van der Waals surface area (Å²) >= 11 is 6.99. The van der Waals surface area contributed by atoms with Crippen LogP contribution in [0.5, 0.6) is 5.75 Å². The van der Waals surface area contributed by atoms with Crippen LogP contribution in [-0.4, -0.2) is 25.1 Å². The smallest absolute Gasteiger partial charge is 0.221 e. The number of nitrogens with one attached hydrogen (secondary N) is 2. The molecule has 0 aromatic heterocycles. The summed E-state index contributed by atoms with van der Waals surface area (Å²) < 4.78 is 7.60. The molecule has 1 aliphatic rings. The SMILES string of the molecule is CCOc1c(Br)cc(Br)cc1CNC1CNC(=O)C1. The minimum absolute atomic E-state index is 0.109. The summed E-state index contributed by atoms with van der Waals surface area (Å²) in [6.45, 7) is 3.95. The molecule has 0 aliphatic carbocycles. The van der Waals surface area contributed by atoms with E-state index >= 15 is 0 Å². The first-order valence-electron chi connectivity index (χ1n) is 6.21. The second-order valence-corrected chi connectivity index (χ2v) is 6.16. The Balaban J connectivity index is 2.07. The van der Waals surface area contributed by atoms with E-state index in [0.717, 1.165) is 20.3 Å². The van der Waals surface area contributed by atoms with E-state index in [4.69, 9.17) is 4.74 Å². The van der Waals surface area contributed by atoms with E-state index in [1.165, 1.54) is 0 Å². The highest BCUT2D eigenvalue weighted by Crippen LogP contribution is 2.33. The van der Waals surface area contributed by atoms with Gasteiger partial charge < -0.3 is 15.4 Å². The van der Waals surface area contributed by atoms with Crippen molar-refractivity contribution in [3.63, 3.8) is 0 Å². The molecule has 1 unspecified atom stereocenters. The minimum Gasteiger partial charge on any atom is -0.492 e. The molecule has 1 saturated heterocycles. The Bertz CT molecular complexity index is 480. The van der Waals surface area contributed by atoms with E-state index in [1.54, 1.807) is 0 Å². The van der Waals surface area contributed by atoms with Crippen molar-refractivity contribution in [2.24, 2.45) is 0 Å². The van der Waals surface area contributed by atoms with Gasteiger partial charge in [-0.25, -0.2) is 0 Å². The molecule has 4 nitrogen and oxygen atoms in total. The summed E-state index contributed by atoms with van der Waals surface area (Å²) in [7, 11) is 0. The lowest BCUT2D eigenvalue weighted by molar-refractivity contribution is -0.119. The lowest BCUT2D eigenvalue weighted by atomic mass is 10.1. The summed E-state index contributed by atoms with van der Waals surface area (Å²) in [5.74, 6) is 0.966. The van der Waals surface area contributed by atoms with Crippen LogP contribution in [0.2, 0.25) is 0 Å². The van der Waals surface area contributed by atoms with Gasteiger partial charge in [-0.1, -0.05) is 15.9 Å². The molecule has 19 heavy (non-hydrogen) atoms. The number of halogens is 2. The average molecular weight is 392 g/mol. The normalized spacial score (nSPS) is 18.5. The van der Waals surface area contributed by atoms with Crippen LogP contribution in [0.1, 0.15) is 18.9 Å². The van der Waals surface area contributed by atoms with Gasteiger partial charge in [-0.3, -0.25) is 4.79 Å². The number of carbonyl (C=O) groups is 1. The highest BCUT2D eigenvalue weighted by atomic mass is 79.9. The van der Waals surface area contributed by atoms with Gasteiger partial charge in [-0.15, -0.1) is 0 Å². The molecule has 104 valence electrons. The summed E-state index contributed by atoms with van der Waals surface area (Å²) in [6, 6.07) is 4.20. The maximum Gasteiger partial charge on any atom is 0.221 e. The zero-order chi connectivity index (χ0) is 13.8. The Morgan fingerprint density at radius 3 is 2.89 bits per heavy atom. The number of rotatable bonds is 5. The zero-order valence-electron chi connectivity index (χ0n) is 10.6. The molecule has 1 fully saturated rings. The Labute approximate surface area is 129 Å².